The van der Waals surface area contributed by atoms with Crippen LogP contribution in [0.15, 0.2) is 29.2 Å². The lowest BCUT2D eigenvalue weighted by Gasteiger charge is -2.23. The molecule has 19 heavy (non-hydrogen) atoms. The maximum absolute atomic E-state index is 12.5. The van der Waals surface area contributed by atoms with Gasteiger partial charge < -0.3 is 9.84 Å². The Hall–Kier alpha value is -0.950. The summed E-state index contributed by atoms with van der Waals surface area (Å²) in [7, 11) is -1.96. The summed E-state index contributed by atoms with van der Waals surface area (Å²) < 4.78 is 31.6. The van der Waals surface area contributed by atoms with Gasteiger partial charge in [-0.25, -0.2) is 8.42 Å². The number of ether oxygens (including phenoxy) is 1. The van der Waals surface area contributed by atoms with Crippen molar-refractivity contribution in [3.63, 3.8) is 0 Å². The topological polar surface area (TPSA) is 66.8 Å². The fraction of sp³-hybridized carbons (Fsp3) is 0.538. The monoisotopic (exact) mass is 285 g/mol. The van der Waals surface area contributed by atoms with Gasteiger partial charge in [0, 0.05) is 13.7 Å². The second kappa shape index (κ2) is 5.58. The Morgan fingerprint density at radius 3 is 2.79 bits per heavy atom. The van der Waals surface area contributed by atoms with E-state index in [4.69, 9.17) is 4.74 Å². The molecule has 1 fully saturated rings. The molecule has 1 heterocycles. The average Bonchev–Trinajstić information content (AvgIpc) is 2.91. The molecule has 0 radical (unpaired) electrons. The largest absolute Gasteiger partial charge is 0.389 e. The number of hydrogen-bond donors (Lipinski definition) is 1. The molecular formula is C13H19NO4S. The molecule has 1 N–H and O–H groups in total. The summed E-state index contributed by atoms with van der Waals surface area (Å²) in [4.78, 5) is 0.209. The maximum atomic E-state index is 12.5. The van der Waals surface area contributed by atoms with Crippen LogP contribution < -0.4 is 0 Å². The normalized spacial score (nSPS) is 21.8. The average molecular weight is 285 g/mol. The first-order chi connectivity index (χ1) is 8.93. The van der Waals surface area contributed by atoms with Gasteiger partial charge in [0.25, 0.3) is 0 Å². The van der Waals surface area contributed by atoms with E-state index in [0.29, 0.717) is 25.2 Å². The van der Waals surface area contributed by atoms with Crippen LogP contribution in [-0.4, -0.2) is 44.1 Å². The molecule has 1 aromatic carbocycles. The van der Waals surface area contributed by atoms with Crippen molar-refractivity contribution in [2.75, 3.05) is 20.3 Å². The van der Waals surface area contributed by atoms with E-state index in [1.54, 1.807) is 32.2 Å². The number of hydrogen-bond acceptors (Lipinski definition) is 4. The molecule has 0 aliphatic carbocycles. The third-order valence-corrected chi connectivity index (χ3v) is 5.34. The number of aliphatic hydroxyl groups is 1. The summed E-state index contributed by atoms with van der Waals surface area (Å²) in [5.74, 6) is 0. The third-order valence-electron chi connectivity index (χ3n) is 3.44. The number of rotatable bonds is 4. The fourth-order valence-corrected chi connectivity index (χ4v) is 3.53. The van der Waals surface area contributed by atoms with Crippen molar-refractivity contribution in [2.45, 2.75) is 30.4 Å². The Morgan fingerprint density at radius 2 is 2.21 bits per heavy atom. The molecule has 2 rings (SSSR count). The third kappa shape index (κ3) is 2.97. The van der Waals surface area contributed by atoms with Crippen molar-refractivity contribution in [1.29, 1.82) is 0 Å². The van der Waals surface area contributed by atoms with E-state index in [-0.39, 0.29) is 10.9 Å². The van der Waals surface area contributed by atoms with E-state index >= 15 is 0 Å². The summed E-state index contributed by atoms with van der Waals surface area (Å²) in [5.41, 5.74) is 0.595. The second-order valence-corrected chi connectivity index (χ2v) is 6.78. The van der Waals surface area contributed by atoms with Gasteiger partial charge in [-0.3, -0.25) is 0 Å². The molecular weight excluding hydrogens is 266 g/mol. The van der Waals surface area contributed by atoms with E-state index < -0.39 is 16.1 Å². The first-order valence-corrected chi connectivity index (χ1v) is 7.70. The summed E-state index contributed by atoms with van der Waals surface area (Å²) in [5, 5.41) is 9.54. The molecule has 5 nitrogen and oxygen atoms in total. The Balaban J connectivity index is 2.30. The van der Waals surface area contributed by atoms with Crippen LogP contribution in [0.5, 0.6) is 0 Å². The summed E-state index contributed by atoms with van der Waals surface area (Å²) >= 11 is 0. The van der Waals surface area contributed by atoms with Crippen LogP contribution in [0.4, 0.5) is 0 Å². The molecule has 1 saturated heterocycles. The second-order valence-electron chi connectivity index (χ2n) is 4.79. The smallest absolute Gasteiger partial charge is 0.243 e. The van der Waals surface area contributed by atoms with E-state index in [2.05, 4.69) is 0 Å². The van der Waals surface area contributed by atoms with E-state index in [1.807, 2.05) is 0 Å². The Kier molecular flexibility index (Phi) is 4.25. The molecule has 0 bridgehead atoms. The Morgan fingerprint density at radius 1 is 1.47 bits per heavy atom. The number of benzene rings is 1. The predicted molar refractivity (Wildman–Crippen MR) is 71.2 cm³/mol. The lowest BCUT2D eigenvalue weighted by molar-refractivity contribution is 0.181. The van der Waals surface area contributed by atoms with Gasteiger partial charge in [0.2, 0.25) is 10.0 Å². The van der Waals surface area contributed by atoms with Crippen LogP contribution in [0.2, 0.25) is 0 Å². The van der Waals surface area contributed by atoms with Crippen LogP contribution in [-0.2, 0) is 14.8 Å². The van der Waals surface area contributed by atoms with Crippen molar-refractivity contribution in [3.05, 3.63) is 29.8 Å². The molecule has 1 aliphatic rings. The van der Waals surface area contributed by atoms with Gasteiger partial charge in [0.05, 0.1) is 23.6 Å². The molecule has 106 valence electrons. The molecule has 1 aromatic rings. The zero-order valence-corrected chi connectivity index (χ0v) is 11.9. The van der Waals surface area contributed by atoms with E-state index in [9.17, 15) is 13.5 Å². The molecule has 2 atom stereocenters. The highest BCUT2D eigenvalue weighted by molar-refractivity contribution is 7.89. The van der Waals surface area contributed by atoms with Gasteiger partial charge in [-0.15, -0.1) is 0 Å². The van der Waals surface area contributed by atoms with Crippen LogP contribution >= 0.6 is 0 Å². The molecule has 0 amide bonds. The van der Waals surface area contributed by atoms with Crippen LogP contribution in [0.25, 0.3) is 0 Å². The lowest BCUT2D eigenvalue weighted by Crippen LogP contribution is -2.37. The fourth-order valence-electron chi connectivity index (χ4n) is 2.11. The van der Waals surface area contributed by atoms with E-state index in [0.717, 1.165) is 0 Å². The van der Waals surface area contributed by atoms with Gasteiger partial charge >= 0.3 is 0 Å². The number of likely N-dealkylation sites (N-methyl/N-ethyl adjacent to an activating group) is 1. The number of nitrogens with zero attached hydrogens (tertiary/aromatic N) is 1. The first kappa shape index (κ1) is 14.5. The van der Waals surface area contributed by atoms with E-state index in [1.165, 1.54) is 10.4 Å². The van der Waals surface area contributed by atoms with Gasteiger partial charge in [0.15, 0.2) is 0 Å². The van der Waals surface area contributed by atoms with Gasteiger partial charge in [-0.2, -0.15) is 4.31 Å². The predicted octanol–water partition coefficient (Wildman–Crippen LogP) is 1.15. The first-order valence-electron chi connectivity index (χ1n) is 6.26. The van der Waals surface area contributed by atoms with Crippen molar-refractivity contribution < 1.29 is 18.3 Å². The van der Waals surface area contributed by atoms with Gasteiger partial charge in [0.1, 0.15) is 0 Å². The molecule has 0 spiro atoms. The molecule has 0 saturated carbocycles. The van der Waals surface area contributed by atoms with Crippen LogP contribution in [0, 0.1) is 0 Å². The molecule has 2 unspecified atom stereocenters. The van der Waals surface area contributed by atoms with Gasteiger partial charge in [-0.05, 0) is 31.0 Å². The highest BCUT2D eigenvalue weighted by Crippen LogP contribution is 2.23. The summed E-state index contributed by atoms with van der Waals surface area (Å²) in [6, 6.07) is 6.32. The minimum Gasteiger partial charge on any atom is -0.389 e. The highest BCUT2D eigenvalue weighted by atomic mass is 32.2. The lowest BCUT2D eigenvalue weighted by atomic mass is 10.1. The van der Waals surface area contributed by atoms with Crippen LogP contribution in [0.3, 0.4) is 0 Å². The molecule has 0 aromatic heterocycles. The zero-order valence-electron chi connectivity index (χ0n) is 11.1. The summed E-state index contributed by atoms with van der Waals surface area (Å²) in [6.45, 7) is 2.64. The number of aliphatic hydroxyl groups excluding tert-OH is 1. The van der Waals surface area contributed by atoms with Crippen molar-refractivity contribution in [1.82, 2.24) is 4.31 Å². The van der Waals surface area contributed by atoms with Gasteiger partial charge in [-0.1, -0.05) is 12.1 Å². The molecule has 6 heteroatoms. The molecule has 1 aliphatic heterocycles. The minimum atomic E-state index is -3.54. The van der Waals surface area contributed by atoms with Crippen LogP contribution in [0.1, 0.15) is 25.0 Å². The Bertz CT molecular complexity index is 535. The number of sulfonamides is 1. The maximum Gasteiger partial charge on any atom is 0.243 e. The highest BCUT2D eigenvalue weighted by Gasteiger charge is 2.30. The van der Waals surface area contributed by atoms with Crippen molar-refractivity contribution in [2.24, 2.45) is 0 Å². The zero-order chi connectivity index (χ0) is 14.0. The summed E-state index contributed by atoms with van der Waals surface area (Å²) in [6.07, 6.45) is 0.0292. The van der Waals surface area contributed by atoms with Crippen molar-refractivity contribution in [3.8, 4) is 0 Å². The van der Waals surface area contributed by atoms with Crippen molar-refractivity contribution >= 4 is 10.0 Å². The SMILES string of the molecule is CC(O)c1cccc(S(=O)(=O)N(C)C2CCOC2)c1. The quantitative estimate of drug-likeness (QED) is 0.901. The minimum absolute atomic E-state index is 0.111. The standard InChI is InChI=1S/C13H19NO4S/c1-10(15)11-4-3-5-13(8-11)19(16,17)14(2)12-6-7-18-9-12/h3-5,8,10,12,15H,6-7,9H2,1-2H3. The Labute approximate surface area is 113 Å².